The van der Waals surface area contributed by atoms with Crippen LogP contribution >= 0.6 is 28.3 Å². The number of sulfonamides is 1. The van der Waals surface area contributed by atoms with Crippen LogP contribution in [0.2, 0.25) is 0 Å². The monoisotopic (exact) mass is 368 g/mol. The van der Waals surface area contributed by atoms with Gasteiger partial charge in [0.05, 0.1) is 4.90 Å². The number of hydrogen-bond acceptors (Lipinski definition) is 3. The molecule has 19 heavy (non-hydrogen) atoms. The molecule has 1 aliphatic carbocycles. The van der Waals surface area contributed by atoms with Gasteiger partial charge in [-0.1, -0.05) is 22.0 Å². The Balaban J connectivity index is 0.00000180. The summed E-state index contributed by atoms with van der Waals surface area (Å²) in [7, 11) is -3.52. The van der Waals surface area contributed by atoms with Crippen LogP contribution in [0.4, 0.5) is 0 Å². The van der Waals surface area contributed by atoms with Gasteiger partial charge in [0, 0.05) is 16.6 Å². The second-order valence-electron chi connectivity index (χ2n) is 4.96. The van der Waals surface area contributed by atoms with Crippen LogP contribution < -0.4 is 10.5 Å². The minimum Gasteiger partial charge on any atom is -0.329 e. The summed E-state index contributed by atoms with van der Waals surface area (Å²) in [4.78, 5) is 0.261. The molecule has 4 nitrogen and oxygen atoms in total. The van der Waals surface area contributed by atoms with Crippen LogP contribution in [0, 0.1) is 5.92 Å². The summed E-state index contributed by atoms with van der Waals surface area (Å²) < 4.78 is 28.1. The zero-order valence-corrected chi connectivity index (χ0v) is 13.8. The molecule has 1 aliphatic rings. The number of benzene rings is 1. The number of hydrogen-bond donors (Lipinski definition) is 2. The van der Waals surface area contributed by atoms with Crippen molar-refractivity contribution in [1.82, 2.24) is 4.72 Å². The van der Waals surface area contributed by atoms with Crippen LogP contribution in [-0.4, -0.2) is 20.5 Å². The summed E-state index contributed by atoms with van der Waals surface area (Å²) in [5.41, 5.74) is 5.19. The zero-order valence-electron chi connectivity index (χ0n) is 10.6. The summed E-state index contributed by atoms with van der Waals surface area (Å²) in [5, 5.41) is 0. The number of rotatable bonds is 5. The van der Waals surface area contributed by atoms with Crippen molar-refractivity contribution in [3.63, 3.8) is 0 Å². The van der Waals surface area contributed by atoms with Gasteiger partial charge in [0.1, 0.15) is 0 Å². The van der Waals surface area contributed by atoms with E-state index in [1.807, 2.05) is 6.92 Å². The molecule has 1 fully saturated rings. The molecule has 0 aliphatic heterocycles. The molecule has 1 aromatic rings. The third-order valence-corrected chi connectivity index (χ3v) is 5.48. The molecule has 0 bridgehead atoms. The SMILES string of the molecule is CC(CN)(NS(=O)(=O)c1cccc(Br)c1)C1CC1.Cl. The molecule has 1 aromatic carbocycles. The van der Waals surface area contributed by atoms with Crippen LogP contribution in [-0.2, 0) is 10.0 Å². The molecular formula is C12H18BrClN2O2S. The minimum absolute atomic E-state index is 0. The molecule has 1 unspecified atom stereocenters. The van der Waals surface area contributed by atoms with E-state index in [4.69, 9.17) is 5.73 Å². The Labute approximate surface area is 128 Å². The lowest BCUT2D eigenvalue weighted by Gasteiger charge is -2.29. The molecule has 108 valence electrons. The third kappa shape index (κ3) is 3.92. The fourth-order valence-electron chi connectivity index (χ4n) is 2.01. The first-order valence-corrected chi connectivity index (χ1v) is 8.15. The van der Waals surface area contributed by atoms with Crippen molar-refractivity contribution in [2.24, 2.45) is 11.7 Å². The first-order valence-electron chi connectivity index (χ1n) is 5.87. The largest absolute Gasteiger partial charge is 0.329 e. The van der Waals surface area contributed by atoms with Crippen molar-refractivity contribution in [2.75, 3.05) is 6.54 Å². The lowest BCUT2D eigenvalue weighted by molar-refractivity contribution is 0.374. The molecule has 1 atom stereocenters. The lowest BCUT2D eigenvalue weighted by atomic mass is 9.98. The summed E-state index contributed by atoms with van der Waals surface area (Å²) in [6, 6.07) is 6.67. The van der Waals surface area contributed by atoms with E-state index >= 15 is 0 Å². The smallest absolute Gasteiger partial charge is 0.241 e. The second kappa shape index (κ2) is 6.10. The average Bonchev–Trinajstić information content (AvgIpc) is 3.12. The fourth-order valence-corrected chi connectivity index (χ4v) is 4.08. The summed E-state index contributed by atoms with van der Waals surface area (Å²) in [5.74, 6) is 0.351. The van der Waals surface area contributed by atoms with Crippen molar-refractivity contribution in [3.05, 3.63) is 28.7 Å². The highest BCUT2D eigenvalue weighted by Gasteiger charge is 2.43. The highest BCUT2D eigenvalue weighted by Crippen LogP contribution is 2.39. The Hall–Kier alpha value is -0.140. The van der Waals surface area contributed by atoms with Gasteiger partial charge in [0.2, 0.25) is 10.0 Å². The van der Waals surface area contributed by atoms with E-state index in [1.54, 1.807) is 24.3 Å². The molecule has 0 saturated heterocycles. The Bertz CT molecular complexity index is 548. The molecule has 0 heterocycles. The summed E-state index contributed by atoms with van der Waals surface area (Å²) in [6.45, 7) is 2.19. The summed E-state index contributed by atoms with van der Waals surface area (Å²) >= 11 is 3.28. The van der Waals surface area contributed by atoms with E-state index in [1.165, 1.54) is 0 Å². The molecular weight excluding hydrogens is 352 g/mol. The highest BCUT2D eigenvalue weighted by molar-refractivity contribution is 9.10. The van der Waals surface area contributed by atoms with Crippen LogP contribution in [0.5, 0.6) is 0 Å². The zero-order chi connectivity index (χ0) is 13.4. The molecule has 3 N–H and O–H groups in total. The van der Waals surface area contributed by atoms with Gasteiger partial charge in [0.25, 0.3) is 0 Å². The lowest BCUT2D eigenvalue weighted by Crippen LogP contribution is -2.52. The minimum atomic E-state index is -3.52. The van der Waals surface area contributed by atoms with Gasteiger partial charge in [-0.05, 0) is 43.9 Å². The van der Waals surface area contributed by atoms with Crippen LogP contribution in [0.3, 0.4) is 0 Å². The van der Waals surface area contributed by atoms with Crippen LogP contribution in [0.15, 0.2) is 33.6 Å². The maximum Gasteiger partial charge on any atom is 0.241 e. The topological polar surface area (TPSA) is 72.2 Å². The molecule has 0 spiro atoms. The van der Waals surface area contributed by atoms with Gasteiger partial charge in [-0.15, -0.1) is 12.4 Å². The number of nitrogens with two attached hydrogens (primary N) is 1. The van der Waals surface area contributed by atoms with Crippen molar-refractivity contribution in [2.45, 2.75) is 30.2 Å². The predicted octanol–water partition coefficient (Wildman–Crippen LogP) is 2.28. The highest BCUT2D eigenvalue weighted by atomic mass is 79.9. The van der Waals surface area contributed by atoms with E-state index in [-0.39, 0.29) is 17.3 Å². The summed E-state index contributed by atoms with van der Waals surface area (Å²) in [6.07, 6.45) is 2.07. The van der Waals surface area contributed by atoms with E-state index in [2.05, 4.69) is 20.7 Å². The van der Waals surface area contributed by atoms with Crippen LogP contribution in [0.25, 0.3) is 0 Å². The predicted molar refractivity (Wildman–Crippen MR) is 81.9 cm³/mol. The van der Waals surface area contributed by atoms with Crippen LogP contribution in [0.1, 0.15) is 19.8 Å². The van der Waals surface area contributed by atoms with Gasteiger partial charge in [0.15, 0.2) is 0 Å². The first kappa shape index (κ1) is 16.9. The van der Waals surface area contributed by atoms with E-state index in [0.717, 1.165) is 17.3 Å². The molecule has 1 saturated carbocycles. The molecule has 0 radical (unpaired) electrons. The Morgan fingerprint density at radius 3 is 2.58 bits per heavy atom. The van der Waals surface area contributed by atoms with Gasteiger partial charge in [-0.25, -0.2) is 13.1 Å². The Morgan fingerprint density at radius 2 is 2.11 bits per heavy atom. The van der Waals surface area contributed by atoms with E-state index < -0.39 is 15.6 Å². The molecule has 7 heteroatoms. The second-order valence-corrected chi connectivity index (χ2v) is 7.56. The van der Waals surface area contributed by atoms with Gasteiger partial charge in [-0.3, -0.25) is 0 Å². The number of halogens is 2. The maximum atomic E-state index is 12.3. The Morgan fingerprint density at radius 1 is 1.47 bits per heavy atom. The molecule has 2 rings (SSSR count). The van der Waals surface area contributed by atoms with Crippen molar-refractivity contribution in [1.29, 1.82) is 0 Å². The standard InChI is InChI=1S/C12H17BrN2O2S.ClH/c1-12(8-14,9-5-6-9)15-18(16,17)11-4-2-3-10(13)7-11;/h2-4,7,9,15H,5-6,8,14H2,1H3;1H. The van der Waals surface area contributed by atoms with Crippen molar-refractivity contribution in [3.8, 4) is 0 Å². The van der Waals surface area contributed by atoms with E-state index in [9.17, 15) is 8.42 Å². The first-order chi connectivity index (χ1) is 8.37. The van der Waals surface area contributed by atoms with Gasteiger partial charge >= 0.3 is 0 Å². The fraction of sp³-hybridized carbons (Fsp3) is 0.500. The van der Waals surface area contributed by atoms with Crippen molar-refractivity contribution < 1.29 is 8.42 Å². The quantitative estimate of drug-likeness (QED) is 0.836. The molecule has 0 amide bonds. The Kier molecular flexibility index (Phi) is 5.43. The third-order valence-electron chi connectivity index (χ3n) is 3.38. The average molecular weight is 370 g/mol. The molecule has 0 aromatic heterocycles. The maximum absolute atomic E-state index is 12.3. The van der Waals surface area contributed by atoms with Gasteiger partial charge < -0.3 is 5.73 Å². The van der Waals surface area contributed by atoms with E-state index in [0.29, 0.717) is 12.5 Å². The normalized spacial score (nSPS) is 18.5. The van der Waals surface area contributed by atoms with Gasteiger partial charge in [-0.2, -0.15) is 0 Å². The number of nitrogens with one attached hydrogen (secondary N) is 1. The van der Waals surface area contributed by atoms with Crippen molar-refractivity contribution >= 4 is 38.4 Å².